The van der Waals surface area contributed by atoms with Gasteiger partial charge in [0.1, 0.15) is 5.75 Å². The van der Waals surface area contributed by atoms with E-state index in [9.17, 15) is 5.11 Å². The first-order valence-electron chi connectivity index (χ1n) is 6.03. The number of nitrogens with two attached hydrogens (primary N) is 1. The second-order valence-electron chi connectivity index (χ2n) is 4.88. The highest BCUT2D eigenvalue weighted by atomic mass is 79.9. The van der Waals surface area contributed by atoms with Crippen molar-refractivity contribution < 1.29 is 5.11 Å². The Kier molecular flexibility index (Phi) is 4.07. The minimum atomic E-state index is 0.331. The molecule has 1 aromatic rings. The summed E-state index contributed by atoms with van der Waals surface area (Å²) in [5, 5.41) is 9.83. The Morgan fingerprint density at radius 2 is 2.29 bits per heavy atom. The first-order chi connectivity index (χ1) is 8.06. The summed E-state index contributed by atoms with van der Waals surface area (Å²) in [6.45, 7) is 4.00. The molecule has 0 aromatic heterocycles. The molecule has 0 bridgehead atoms. The fourth-order valence-corrected chi connectivity index (χ4v) is 2.80. The Bertz CT molecular complexity index is 397. The third-order valence-electron chi connectivity index (χ3n) is 3.47. The molecular weight excluding hydrogens is 280 g/mol. The number of phenols is 1. The number of aromatic hydroxyl groups is 1. The van der Waals surface area contributed by atoms with Crippen LogP contribution in [-0.4, -0.2) is 28.6 Å². The molecule has 0 amide bonds. The number of piperidine rings is 1. The van der Waals surface area contributed by atoms with Crippen molar-refractivity contribution in [2.24, 2.45) is 5.73 Å². The molecule has 1 fully saturated rings. The number of hydrogen-bond acceptors (Lipinski definition) is 3. The molecule has 94 valence electrons. The summed E-state index contributed by atoms with van der Waals surface area (Å²) < 4.78 is 1.01. The highest BCUT2D eigenvalue weighted by Gasteiger charge is 2.23. The van der Waals surface area contributed by atoms with Crippen molar-refractivity contribution in [3.63, 3.8) is 0 Å². The maximum absolute atomic E-state index is 9.83. The van der Waals surface area contributed by atoms with E-state index in [1.807, 2.05) is 12.1 Å². The molecule has 17 heavy (non-hydrogen) atoms. The predicted molar refractivity (Wildman–Crippen MR) is 72.9 cm³/mol. The van der Waals surface area contributed by atoms with E-state index in [4.69, 9.17) is 5.73 Å². The first kappa shape index (κ1) is 12.9. The Morgan fingerprint density at radius 1 is 1.53 bits per heavy atom. The molecule has 3 nitrogen and oxygen atoms in total. The zero-order valence-electron chi connectivity index (χ0n) is 10.1. The van der Waals surface area contributed by atoms with E-state index in [-0.39, 0.29) is 0 Å². The second kappa shape index (κ2) is 5.38. The molecule has 0 spiro atoms. The summed E-state index contributed by atoms with van der Waals surface area (Å²) in [4.78, 5) is 2.38. The van der Waals surface area contributed by atoms with Crippen molar-refractivity contribution >= 4 is 15.9 Å². The lowest BCUT2D eigenvalue weighted by Crippen LogP contribution is -2.44. The van der Waals surface area contributed by atoms with Crippen LogP contribution in [0, 0.1) is 0 Å². The van der Waals surface area contributed by atoms with Gasteiger partial charge >= 0.3 is 0 Å². The average Bonchev–Trinajstić information content (AvgIpc) is 2.27. The molecule has 3 N–H and O–H groups in total. The van der Waals surface area contributed by atoms with Crippen LogP contribution in [-0.2, 0) is 6.54 Å². The molecule has 1 heterocycles. The molecule has 2 unspecified atom stereocenters. The fourth-order valence-electron chi connectivity index (χ4n) is 2.39. The van der Waals surface area contributed by atoms with E-state index in [0.29, 0.717) is 17.8 Å². The minimum absolute atomic E-state index is 0.331. The second-order valence-corrected chi connectivity index (χ2v) is 5.79. The van der Waals surface area contributed by atoms with Gasteiger partial charge in [0.25, 0.3) is 0 Å². The zero-order chi connectivity index (χ0) is 12.4. The smallest absolute Gasteiger partial charge is 0.120 e. The molecule has 4 heteroatoms. The highest BCUT2D eigenvalue weighted by molar-refractivity contribution is 9.10. The van der Waals surface area contributed by atoms with Gasteiger partial charge in [0.05, 0.1) is 0 Å². The van der Waals surface area contributed by atoms with Gasteiger partial charge in [-0.15, -0.1) is 0 Å². The maximum Gasteiger partial charge on any atom is 0.120 e. The maximum atomic E-state index is 9.83. The monoisotopic (exact) mass is 298 g/mol. The summed E-state index contributed by atoms with van der Waals surface area (Å²) >= 11 is 3.44. The molecule has 1 aliphatic rings. The van der Waals surface area contributed by atoms with E-state index >= 15 is 0 Å². The van der Waals surface area contributed by atoms with E-state index in [0.717, 1.165) is 36.0 Å². The van der Waals surface area contributed by atoms with Gasteiger partial charge in [-0.3, -0.25) is 4.90 Å². The topological polar surface area (TPSA) is 49.5 Å². The Balaban J connectivity index is 2.07. The van der Waals surface area contributed by atoms with Crippen LogP contribution in [0.15, 0.2) is 22.7 Å². The normalized spacial score (nSPS) is 26.1. The largest absolute Gasteiger partial charge is 0.508 e. The SMILES string of the molecule is CC1CC(N)CCN1Cc1cc(Br)ccc1O. The van der Waals surface area contributed by atoms with Crippen LogP contribution >= 0.6 is 15.9 Å². The fraction of sp³-hybridized carbons (Fsp3) is 0.538. The van der Waals surface area contributed by atoms with Crippen LogP contribution in [0.3, 0.4) is 0 Å². The molecule has 1 aliphatic heterocycles. The summed E-state index contributed by atoms with van der Waals surface area (Å²) in [5.41, 5.74) is 6.93. The number of nitrogens with zero attached hydrogens (tertiary/aromatic N) is 1. The Hall–Kier alpha value is -0.580. The van der Waals surface area contributed by atoms with Gasteiger partial charge in [-0.2, -0.15) is 0 Å². The van der Waals surface area contributed by atoms with Crippen LogP contribution in [0.5, 0.6) is 5.75 Å². The third kappa shape index (κ3) is 3.21. The molecule has 1 saturated heterocycles. The van der Waals surface area contributed by atoms with Gasteiger partial charge < -0.3 is 10.8 Å². The standard InChI is InChI=1S/C13H19BrN2O/c1-9-6-12(15)4-5-16(9)8-10-7-11(14)2-3-13(10)17/h2-3,7,9,12,17H,4-6,8,15H2,1H3. The van der Waals surface area contributed by atoms with Crippen LogP contribution in [0.4, 0.5) is 0 Å². The molecule has 2 atom stereocenters. The van der Waals surface area contributed by atoms with Gasteiger partial charge in [0.2, 0.25) is 0 Å². The van der Waals surface area contributed by atoms with Gasteiger partial charge in [-0.1, -0.05) is 15.9 Å². The van der Waals surface area contributed by atoms with Crippen LogP contribution in [0.2, 0.25) is 0 Å². The van der Waals surface area contributed by atoms with Gasteiger partial charge in [0.15, 0.2) is 0 Å². The van der Waals surface area contributed by atoms with E-state index in [1.165, 1.54) is 0 Å². The van der Waals surface area contributed by atoms with Crippen molar-refractivity contribution in [1.29, 1.82) is 0 Å². The van der Waals surface area contributed by atoms with Crippen molar-refractivity contribution in [3.8, 4) is 5.75 Å². The number of phenolic OH excluding ortho intramolecular Hbond substituents is 1. The Morgan fingerprint density at radius 3 is 3.00 bits per heavy atom. The predicted octanol–water partition coefficient (Wildman–Crippen LogP) is 2.47. The van der Waals surface area contributed by atoms with Crippen molar-refractivity contribution in [1.82, 2.24) is 4.90 Å². The molecule has 0 aliphatic carbocycles. The van der Waals surface area contributed by atoms with Crippen LogP contribution in [0.1, 0.15) is 25.3 Å². The van der Waals surface area contributed by atoms with Crippen molar-refractivity contribution in [2.45, 2.75) is 38.4 Å². The lowest BCUT2D eigenvalue weighted by Gasteiger charge is -2.36. The van der Waals surface area contributed by atoms with Crippen LogP contribution in [0.25, 0.3) is 0 Å². The van der Waals surface area contributed by atoms with E-state index in [2.05, 4.69) is 27.8 Å². The van der Waals surface area contributed by atoms with Gasteiger partial charge in [-0.25, -0.2) is 0 Å². The number of benzene rings is 1. The van der Waals surface area contributed by atoms with Crippen molar-refractivity contribution in [2.75, 3.05) is 6.54 Å². The lowest BCUT2D eigenvalue weighted by molar-refractivity contribution is 0.139. The number of rotatable bonds is 2. The molecule has 0 radical (unpaired) electrons. The third-order valence-corrected chi connectivity index (χ3v) is 3.96. The molecule has 1 aromatic carbocycles. The highest BCUT2D eigenvalue weighted by Crippen LogP contribution is 2.26. The summed E-state index contributed by atoms with van der Waals surface area (Å²) in [6, 6.07) is 6.39. The Labute approximate surface area is 111 Å². The van der Waals surface area contributed by atoms with Gasteiger partial charge in [0, 0.05) is 35.2 Å². The average molecular weight is 299 g/mol. The summed E-state index contributed by atoms with van der Waals surface area (Å²) in [5.74, 6) is 0.371. The number of hydrogen-bond donors (Lipinski definition) is 2. The quantitative estimate of drug-likeness (QED) is 0.882. The van der Waals surface area contributed by atoms with Crippen LogP contribution < -0.4 is 5.73 Å². The minimum Gasteiger partial charge on any atom is -0.508 e. The van der Waals surface area contributed by atoms with E-state index < -0.39 is 0 Å². The first-order valence-corrected chi connectivity index (χ1v) is 6.82. The zero-order valence-corrected chi connectivity index (χ0v) is 11.7. The molecule has 0 saturated carbocycles. The van der Waals surface area contributed by atoms with Crippen molar-refractivity contribution in [3.05, 3.63) is 28.2 Å². The molecule has 2 rings (SSSR count). The summed E-state index contributed by atoms with van der Waals surface area (Å²) in [7, 11) is 0. The molecular formula is C13H19BrN2O. The van der Waals surface area contributed by atoms with Gasteiger partial charge in [-0.05, 0) is 38.0 Å². The van der Waals surface area contributed by atoms with E-state index in [1.54, 1.807) is 6.07 Å². The number of halogens is 1. The summed E-state index contributed by atoms with van der Waals surface area (Å²) in [6.07, 6.45) is 2.08. The number of likely N-dealkylation sites (tertiary alicyclic amines) is 1. The lowest BCUT2D eigenvalue weighted by atomic mass is 9.98.